The first-order valence-corrected chi connectivity index (χ1v) is 4.95. The highest BCUT2D eigenvalue weighted by atomic mass is 35.5. The van der Waals surface area contributed by atoms with Gasteiger partial charge in [0.05, 0.1) is 0 Å². The van der Waals surface area contributed by atoms with Gasteiger partial charge in [0.1, 0.15) is 0 Å². The smallest absolute Gasteiger partial charge is 0.0404 e. The van der Waals surface area contributed by atoms with Crippen LogP contribution in [0.3, 0.4) is 0 Å². The van der Waals surface area contributed by atoms with E-state index in [9.17, 15) is 0 Å². The fraction of sp³-hybridized carbons (Fsp3) is 1.00. The molecule has 1 unspecified atom stereocenters. The van der Waals surface area contributed by atoms with Crippen molar-refractivity contribution >= 4 is 11.6 Å². The lowest BCUT2D eigenvalue weighted by molar-refractivity contribution is 0.161. The van der Waals surface area contributed by atoms with Crippen molar-refractivity contribution in [2.24, 2.45) is 23.7 Å². The Morgan fingerprint density at radius 2 is 1.20 bits per heavy atom. The summed E-state index contributed by atoms with van der Waals surface area (Å²) in [5.74, 6) is 4.01. The minimum absolute atomic E-state index is 0.597. The fourth-order valence-corrected chi connectivity index (χ4v) is 4.05. The van der Waals surface area contributed by atoms with E-state index in [1.807, 2.05) is 0 Å². The van der Waals surface area contributed by atoms with Gasteiger partial charge in [-0.15, -0.1) is 11.6 Å². The minimum atomic E-state index is 0.597. The van der Waals surface area contributed by atoms with Gasteiger partial charge in [0.15, 0.2) is 0 Å². The average Bonchev–Trinajstić information content (AvgIpc) is 2.68. The Morgan fingerprint density at radius 1 is 0.800 bits per heavy atom. The highest BCUT2D eigenvalue weighted by Gasteiger charge is 2.60. The lowest BCUT2D eigenvalue weighted by Crippen LogP contribution is -2.24. The summed E-state index contributed by atoms with van der Waals surface area (Å²) in [6.07, 6.45) is 5.98. The molecule has 0 aromatic carbocycles. The largest absolute Gasteiger partial charge is 0.122 e. The predicted octanol–water partition coefficient (Wildman–Crippen LogP) is 2.66. The predicted molar refractivity (Wildman–Crippen MR) is 42.1 cm³/mol. The Morgan fingerprint density at radius 3 is 1.50 bits per heavy atom. The minimum Gasteiger partial charge on any atom is -0.122 e. The summed E-state index contributed by atoms with van der Waals surface area (Å²) < 4.78 is 0. The van der Waals surface area contributed by atoms with Gasteiger partial charge in [-0.25, -0.2) is 0 Å². The summed E-state index contributed by atoms with van der Waals surface area (Å²) in [6, 6.07) is 0. The van der Waals surface area contributed by atoms with Gasteiger partial charge in [-0.3, -0.25) is 0 Å². The summed E-state index contributed by atoms with van der Waals surface area (Å²) in [7, 11) is 0. The van der Waals surface area contributed by atoms with Gasteiger partial charge in [-0.2, -0.15) is 0 Å². The normalized spacial score (nSPS) is 63.9. The highest BCUT2D eigenvalue weighted by molar-refractivity contribution is 6.23. The summed E-state index contributed by atoms with van der Waals surface area (Å²) in [5.41, 5.74) is 0. The lowest BCUT2D eigenvalue weighted by Gasteiger charge is -2.34. The molecule has 0 spiro atoms. The molecule has 0 amide bonds. The SMILES string of the molecule is ClC1[C@H]2C3CCC(CC3)[C@@H]12. The van der Waals surface area contributed by atoms with Crippen molar-refractivity contribution in [3.05, 3.63) is 0 Å². The summed E-state index contributed by atoms with van der Waals surface area (Å²) in [5, 5.41) is 0.597. The van der Waals surface area contributed by atoms with Gasteiger partial charge >= 0.3 is 0 Å². The van der Waals surface area contributed by atoms with Crippen LogP contribution in [0.5, 0.6) is 0 Å². The highest BCUT2D eigenvalue weighted by Crippen LogP contribution is 2.64. The van der Waals surface area contributed by atoms with Gasteiger partial charge in [0, 0.05) is 5.38 Å². The lowest BCUT2D eigenvalue weighted by atomic mass is 9.71. The van der Waals surface area contributed by atoms with E-state index < -0.39 is 0 Å². The van der Waals surface area contributed by atoms with E-state index in [-0.39, 0.29) is 0 Å². The quantitative estimate of drug-likeness (QED) is 0.473. The number of alkyl halides is 1. The Labute approximate surface area is 66.9 Å². The van der Waals surface area contributed by atoms with E-state index in [4.69, 9.17) is 11.6 Å². The van der Waals surface area contributed by atoms with Crippen LogP contribution in [0.15, 0.2) is 0 Å². The number of rotatable bonds is 0. The van der Waals surface area contributed by atoms with Crippen LogP contribution in [0, 0.1) is 23.7 Å². The maximum Gasteiger partial charge on any atom is 0.0404 e. The molecule has 4 saturated carbocycles. The third-order valence-corrected chi connectivity index (χ3v) is 4.53. The molecule has 4 aliphatic rings. The second kappa shape index (κ2) is 1.72. The van der Waals surface area contributed by atoms with Crippen molar-refractivity contribution in [2.75, 3.05) is 0 Å². The molecule has 0 radical (unpaired) electrons. The summed E-state index contributed by atoms with van der Waals surface area (Å²) >= 11 is 6.19. The molecule has 0 aromatic heterocycles. The number of halogens is 1. The van der Waals surface area contributed by atoms with Gasteiger partial charge in [0.2, 0.25) is 0 Å². The van der Waals surface area contributed by atoms with Crippen LogP contribution in [0.4, 0.5) is 0 Å². The molecule has 0 heterocycles. The Balaban J connectivity index is 1.92. The molecular formula is C9H13Cl. The average molecular weight is 157 g/mol. The molecule has 4 aliphatic carbocycles. The standard InChI is InChI=1S/C9H13Cl/c10-9-7-5-1-2-6(4-3-5)8(7)9/h5-9H,1-4H2/t5?,6?,7-,8+,9?. The van der Waals surface area contributed by atoms with Crippen LogP contribution >= 0.6 is 11.6 Å². The topological polar surface area (TPSA) is 0 Å². The van der Waals surface area contributed by atoms with E-state index in [0.717, 1.165) is 23.7 Å². The summed E-state index contributed by atoms with van der Waals surface area (Å²) in [6.45, 7) is 0. The zero-order valence-electron chi connectivity index (χ0n) is 6.09. The molecular weight excluding hydrogens is 144 g/mol. The molecule has 10 heavy (non-hydrogen) atoms. The molecule has 0 saturated heterocycles. The van der Waals surface area contributed by atoms with Crippen molar-refractivity contribution in [3.63, 3.8) is 0 Å². The maximum absolute atomic E-state index is 6.19. The van der Waals surface area contributed by atoms with Crippen LogP contribution in [0.1, 0.15) is 25.7 Å². The fourth-order valence-electron chi connectivity index (χ4n) is 3.38. The van der Waals surface area contributed by atoms with Crippen LogP contribution < -0.4 is 0 Å². The molecule has 0 aliphatic heterocycles. The second-order valence-corrected chi connectivity index (χ2v) is 4.78. The first-order valence-electron chi connectivity index (χ1n) is 4.52. The van der Waals surface area contributed by atoms with Crippen LogP contribution in [0.2, 0.25) is 0 Å². The number of hydrogen-bond acceptors (Lipinski definition) is 0. The van der Waals surface area contributed by atoms with Crippen LogP contribution in [-0.2, 0) is 0 Å². The zero-order chi connectivity index (χ0) is 6.72. The zero-order valence-corrected chi connectivity index (χ0v) is 6.85. The van der Waals surface area contributed by atoms with E-state index in [2.05, 4.69) is 0 Å². The molecule has 4 rings (SSSR count). The molecule has 3 atom stereocenters. The van der Waals surface area contributed by atoms with E-state index in [1.165, 1.54) is 25.7 Å². The Bertz CT molecular complexity index is 136. The van der Waals surface area contributed by atoms with E-state index in [0.29, 0.717) is 5.38 Å². The van der Waals surface area contributed by atoms with Crippen LogP contribution in [0.25, 0.3) is 0 Å². The van der Waals surface area contributed by atoms with Crippen molar-refractivity contribution in [1.29, 1.82) is 0 Å². The molecule has 0 N–H and O–H groups in total. The monoisotopic (exact) mass is 156 g/mol. The van der Waals surface area contributed by atoms with Gasteiger partial charge < -0.3 is 0 Å². The van der Waals surface area contributed by atoms with Crippen molar-refractivity contribution < 1.29 is 0 Å². The van der Waals surface area contributed by atoms with E-state index >= 15 is 0 Å². The molecule has 2 bridgehead atoms. The number of fused-ring (bicyclic) bond motifs is 2. The first-order chi connectivity index (χ1) is 4.88. The third kappa shape index (κ3) is 0.550. The summed E-state index contributed by atoms with van der Waals surface area (Å²) in [4.78, 5) is 0. The molecule has 4 fully saturated rings. The Kier molecular flexibility index (Phi) is 1.01. The van der Waals surface area contributed by atoms with Crippen LogP contribution in [-0.4, -0.2) is 5.38 Å². The van der Waals surface area contributed by atoms with E-state index in [1.54, 1.807) is 0 Å². The third-order valence-electron chi connectivity index (χ3n) is 3.94. The number of hydrogen-bond donors (Lipinski definition) is 0. The molecule has 0 nitrogen and oxygen atoms in total. The molecule has 0 aromatic rings. The molecule has 1 heteroatoms. The van der Waals surface area contributed by atoms with Gasteiger partial charge in [-0.05, 0) is 49.4 Å². The maximum atomic E-state index is 6.19. The second-order valence-electron chi connectivity index (χ2n) is 4.27. The first kappa shape index (κ1) is 5.88. The van der Waals surface area contributed by atoms with Crippen molar-refractivity contribution in [1.82, 2.24) is 0 Å². The van der Waals surface area contributed by atoms with Gasteiger partial charge in [-0.1, -0.05) is 0 Å². The van der Waals surface area contributed by atoms with Crippen molar-refractivity contribution in [2.45, 2.75) is 31.1 Å². The van der Waals surface area contributed by atoms with Gasteiger partial charge in [0.25, 0.3) is 0 Å². The molecule has 56 valence electrons. The van der Waals surface area contributed by atoms with Crippen molar-refractivity contribution in [3.8, 4) is 0 Å². The Hall–Kier alpha value is 0.290.